The van der Waals surface area contributed by atoms with E-state index in [0.717, 1.165) is 6.54 Å². The van der Waals surface area contributed by atoms with Crippen molar-refractivity contribution in [2.24, 2.45) is 0 Å². The first kappa shape index (κ1) is 18.0. The third-order valence-corrected chi connectivity index (χ3v) is 2.94. The van der Waals surface area contributed by atoms with Crippen LogP contribution < -0.4 is 0 Å². The number of halogens is 1. The molecular weight excluding hydrogens is 302 g/mol. The van der Waals surface area contributed by atoms with Crippen LogP contribution in [0.1, 0.15) is 11.3 Å². The van der Waals surface area contributed by atoms with Crippen LogP contribution in [0.5, 0.6) is 0 Å². The van der Waals surface area contributed by atoms with E-state index < -0.39 is 0 Å². The lowest BCUT2D eigenvalue weighted by molar-refractivity contribution is -0.138. The fourth-order valence-electron chi connectivity index (χ4n) is 1.86. The molecule has 0 saturated carbocycles. The maximum Gasteiger partial charge on any atom is 0.330 e. The molecule has 0 aliphatic carbocycles. The van der Waals surface area contributed by atoms with Crippen LogP contribution in [0.4, 0.5) is 0 Å². The molecule has 1 aromatic carbocycles. The second-order valence-electron chi connectivity index (χ2n) is 4.74. The third-order valence-electron chi connectivity index (χ3n) is 2.94. The summed E-state index contributed by atoms with van der Waals surface area (Å²) < 4.78 is 10.2. The van der Waals surface area contributed by atoms with E-state index in [2.05, 4.69) is 17.0 Å². The van der Waals surface area contributed by atoms with Crippen LogP contribution in [0.3, 0.4) is 0 Å². The minimum atomic E-state index is -0.362. The number of esters is 1. The molecule has 0 fully saturated rings. The molecule has 0 N–H and O–H groups in total. The molecule has 0 atom stereocenters. The molecule has 0 unspecified atom stereocenters. The molecule has 5 heteroatoms. The number of hydrogen-bond donors (Lipinski definition) is 0. The summed E-state index contributed by atoms with van der Waals surface area (Å²) in [5, 5.41) is 0. The zero-order valence-electron chi connectivity index (χ0n) is 12.5. The van der Waals surface area contributed by atoms with Crippen molar-refractivity contribution in [1.82, 2.24) is 4.90 Å². The largest absolute Gasteiger partial charge is 0.465 e. The zero-order chi connectivity index (χ0) is 14.9. The maximum absolute atomic E-state index is 11.5. The number of ether oxygens (including phenoxy) is 1. The Hall–Kier alpha value is -2.04. The molecule has 22 heavy (non-hydrogen) atoms. The van der Waals surface area contributed by atoms with Gasteiger partial charge in [-0.3, -0.25) is 4.90 Å². The van der Waals surface area contributed by atoms with Crippen LogP contribution >= 0.6 is 12.4 Å². The fourth-order valence-corrected chi connectivity index (χ4v) is 1.86. The first-order chi connectivity index (χ1) is 10.2. The molecule has 0 aliphatic rings. The number of nitrogens with zero attached hydrogens (tertiary/aromatic N) is 1. The van der Waals surface area contributed by atoms with Crippen LogP contribution in [0.15, 0.2) is 59.2 Å². The summed E-state index contributed by atoms with van der Waals surface area (Å²) in [5.41, 5.74) is 1.24. The summed E-state index contributed by atoms with van der Waals surface area (Å²) >= 11 is 0. The lowest BCUT2D eigenvalue weighted by atomic mass is 10.2. The van der Waals surface area contributed by atoms with Gasteiger partial charge in [0, 0.05) is 19.2 Å². The topological polar surface area (TPSA) is 42.7 Å². The van der Waals surface area contributed by atoms with Crippen molar-refractivity contribution in [1.29, 1.82) is 0 Å². The van der Waals surface area contributed by atoms with Crippen LogP contribution in [0.2, 0.25) is 0 Å². The summed E-state index contributed by atoms with van der Waals surface area (Å²) in [7, 11) is 2.00. The average Bonchev–Trinajstić information content (AvgIpc) is 2.99. The molecule has 0 bridgehead atoms. The molecule has 0 radical (unpaired) electrons. The summed E-state index contributed by atoms with van der Waals surface area (Å²) in [6.07, 6.45) is 4.52. The zero-order valence-corrected chi connectivity index (χ0v) is 13.3. The van der Waals surface area contributed by atoms with E-state index in [-0.39, 0.29) is 18.4 Å². The van der Waals surface area contributed by atoms with Gasteiger partial charge >= 0.3 is 5.97 Å². The summed E-state index contributed by atoms with van der Waals surface area (Å²) in [6, 6.07) is 13.7. The van der Waals surface area contributed by atoms with Gasteiger partial charge in [0.1, 0.15) is 12.4 Å². The van der Waals surface area contributed by atoms with Crippen molar-refractivity contribution < 1.29 is 13.9 Å². The van der Waals surface area contributed by atoms with E-state index in [9.17, 15) is 4.79 Å². The highest BCUT2D eigenvalue weighted by atomic mass is 35.5. The SMILES string of the molecule is CN(CCOC(=O)/C=C/c1ccco1)Cc1ccccc1.Cl. The maximum atomic E-state index is 11.5. The quantitative estimate of drug-likeness (QED) is 0.579. The van der Waals surface area contributed by atoms with Crippen molar-refractivity contribution in [3.8, 4) is 0 Å². The number of rotatable bonds is 7. The highest BCUT2D eigenvalue weighted by Crippen LogP contribution is 2.03. The van der Waals surface area contributed by atoms with E-state index in [0.29, 0.717) is 18.9 Å². The molecule has 4 nitrogen and oxygen atoms in total. The smallest absolute Gasteiger partial charge is 0.330 e. The van der Waals surface area contributed by atoms with Gasteiger partial charge in [-0.15, -0.1) is 12.4 Å². The fraction of sp³-hybridized carbons (Fsp3) is 0.235. The molecule has 2 rings (SSSR count). The number of hydrogen-bond acceptors (Lipinski definition) is 4. The van der Waals surface area contributed by atoms with E-state index in [4.69, 9.17) is 9.15 Å². The van der Waals surface area contributed by atoms with Crippen molar-refractivity contribution >= 4 is 24.5 Å². The van der Waals surface area contributed by atoms with Gasteiger partial charge in [-0.25, -0.2) is 4.79 Å². The minimum absolute atomic E-state index is 0. The van der Waals surface area contributed by atoms with Gasteiger partial charge in [0.25, 0.3) is 0 Å². The van der Waals surface area contributed by atoms with Gasteiger partial charge in [0.15, 0.2) is 0 Å². The second kappa shape index (κ2) is 9.82. The van der Waals surface area contributed by atoms with Gasteiger partial charge < -0.3 is 9.15 Å². The van der Waals surface area contributed by atoms with Crippen LogP contribution in [-0.4, -0.2) is 31.1 Å². The van der Waals surface area contributed by atoms with Crippen LogP contribution in [0, 0.1) is 0 Å². The van der Waals surface area contributed by atoms with Gasteiger partial charge in [0.2, 0.25) is 0 Å². The highest BCUT2D eigenvalue weighted by Gasteiger charge is 2.02. The first-order valence-corrected chi connectivity index (χ1v) is 6.85. The number of benzene rings is 1. The Morgan fingerprint density at radius 1 is 1.23 bits per heavy atom. The molecule has 1 aromatic heterocycles. The average molecular weight is 322 g/mol. The number of furan rings is 1. The summed E-state index contributed by atoms with van der Waals surface area (Å²) in [6.45, 7) is 1.89. The molecule has 0 saturated heterocycles. The minimum Gasteiger partial charge on any atom is -0.465 e. The Morgan fingerprint density at radius 2 is 2.00 bits per heavy atom. The molecular formula is C17H20ClNO3. The van der Waals surface area contributed by atoms with Gasteiger partial charge in [-0.2, -0.15) is 0 Å². The van der Waals surface area contributed by atoms with Crippen LogP contribution in [0.25, 0.3) is 6.08 Å². The predicted octanol–water partition coefficient (Wildman–Crippen LogP) is 3.39. The molecule has 0 aliphatic heterocycles. The van der Waals surface area contributed by atoms with Gasteiger partial charge in [-0.1, -0.05) is 30.3 Å². The predicted molar refractivity (Wildman–Crippen MR) is 88.7 cm³/mol. The van der Waals surface area contributed by atoms with Gasteiger partial charge in [-0.05, 0) is 30.8 Å². The van der Waals surface area contributed by atoms with Gasteiger partial charge in [0.05, 0.1) is 6.26 Å². The number of likely N-dealkylation sites (N-methyl/N-ethyl adjacent to an activating group) is 1. The van der Waals surface area contributed by atoms with Crippen LogP contribution in [-0.2, 0) is 16.1 Å². The molecule has 0 amide bonds. The van der Waals surface area contributed by atoms with Crippen molar-refractivity contribution in [3.05, 3.63) is 66.1 Å². The molecule has 2 aromatic rings. The first-order valence-electron chi connectivity index (χ1n) is 6.85. The molecule has 0 spiro atoms. The van der Waals surface area contributed by atoms with E-state index in [1.54, 1.807) is 24.5 Å². The Kier molecular flexibility index (Phi) is 8.04. The Labute approximate surface area is 136 Å². The number of carbonyl (C=O) groups is 1. The van der Waals surface area contributed by atoms with Crippen molar-refractivity contribution in [3.63, 3.8) is 0 Å². The van der Waals surface area contributed by atoms with E-state index in [1.807, 2.05) is 25.2 Å². The van der Waals surface area contributed by atoms with Crippen molar-refractivity contribution in [2.45, 2.75) is 6.54 Å². The number of carbonyl (C=O) groups excluding carboxylic acids is 1. The van der Waals surface area contributed by atoms with Crippen molar-refractivity contribution in [2.75, 3.05) is 20.2 Å². The third kappa shape index (κ3) is 6.61. The lowest BCUT2D eigenvalue weighted by Crippen LogP contribution is -2.23. The Morgan fingerprint density at radius 3 is 2.68 bits per heavy atom. The Bertz CT molecular complexity index is 567. The lowest BCUT2D eigenvalue weighted by Gasteiger charge is -2.16. The van der Waals surface area contributed by atoms with E-state index in [1.165, 1.54) is 11.6 Å². The Balaban J connectivity index is 0.00000242. The van der Waals surface area contributed by atoms with E-state index >= 15 is 0 Å². The standard InChI is InChI=1S/C17H19NO3.ClH/c1-18(14-15-6-3-2-4-7-15)11-13-21-17(19)10-9-16-8-5-12-20-16;/h2-10,12H,11,13-14H2,1H3;1H/b10-9+;. The highest BCUT2D eigenvalue weighted by molar-refractivity contribution is 5.86. The summed E-state index contributed by atoms with van der Waals surface area (Å²) in [4.78, 5) is 13.6. The second-order valence-corrected chi connectivity index (χ2v) is 4.74. The monoisotopic (exact) mass is 321 g/mol. The molecule has 118 valence electrons. The molecule has 1 heterocycles. The normalized spacial score (nSPS) is 10.6. The summed E-state index contributed by atoms with van der Waals surface area (Å²) in [5.74, 6) is 0.271.